The van der Waals surface area contributed by atoms with Gasteiger partial charge in [-0.1, -0.05) is 24.6 Å². The van der Waals surface area contributed by atoms with Gasteiger partial charge in [0.1, 0.15) is 11.5 Å². The molecule has 0 spiro atoms. The highest BCUT2D eigenvalue weighted by Gasteiger charge is 2.55. The van der Waals surface area contributed by atoms with Crippen LogP contribution in [0.15, 0.2) is 48.5 Å². The van der Waals surface area contributed by atoms with E-state index in [0.29, 0.717) is 23.5 Å². The minimum Gasteiger partial charge on any atom is -0.462 e. The normalized spacial score (nSPS) is 28.1. The highest BCUT2D eigenvalue weighted by atomic mass is 19.4. The van der Waals surface area contributed by atoms with E-state index in [-0.39, 0.29) is 11.7 Å². The predicted molar refractivity (Wildman–Crippen MR) is 119 cm³/mol. The topological polar surface area (TPSA) is 44.8 Å². The van der Waals surface area contributed by atoms with Crippen molar-refractivity contribution >= 4 is 5.97 Å². The van der Waals surface area contributed by atoms with Crippen LogP contribution in [0, 0.1) is 23.7 Å². The molecule has 3 aliphatic carbocycles. The van der Waals surface area contributed by atoms with Gasteiger partial charge in [-0.25, -0.2) is 4.79 Å². The lowest BCUT2D eigenvalue weighted by Crippen LogP contribution is -2.41. The molecule has 7 heteroatoms. The smallest absolute Gasteiger partial charge is 0.419 e. The molecule has 3 aliphatic rings. The Labute approximate surface area is 197 Å². The lowest BCUT2D eigenvalue weighted by atomic mass is 9.80. The largest absolute Gasteiger partial charge is 0.462 e. The molecule has 34 heavy (non-hydrogen) atoms. The first kappa shape index (κ1) is 23.2. The maximum Gasteiger partial charge on any atom is 0.419 e. The number of para-hydroxylation sites is 1. The minimum absolute atomic E-state index is 0.0140. The summed E-state index contributed by atoms with van der Waals surface area (Å²) in [5.41, 5.74) is -0.986. The maximum absolute atomic E-state index is 13.7. The lowest BCUT2D eigenvalue weighted by Gasteiger charge is -2.37. The van der Waals surface area contributed by atoms with Crippen molar-refractivity contribution in [2.45, 2.75) is 64.0 Å². The van der Waals surface area contributed by atoms with E-state index in [1.54, 1.807) is 44.2 Å². The van der Waals surface area contributed by atoms with E-state index < -0.39 is 29.2 Å². The summed E-state index contributed by atoms with van der Waals surface area (Å²) < 4.78 is 58.6. The van der Waals surface area contributed by atoms with Gasteiger partial charge in [0.05, 0.1) is 17.2 Å². The van der Waals surface area contributed by atoms with Gasteiger partial charge in [-0.15, -0.1) is 0 Å². The molecule has 2 aromatic rings. The van der Waals surface area contributed by atoms with Crippen molar-refractivity contribution in [3.8, 4) is 11.5 Å². The van der Waals surface area contributed by atoms with Crippen LogP contribution in [0.5, 0.6) is 11.5 Å². The molecule has 5 unspecified atom stereocenters. The number of halogens is 3. The Hall–Kier alpha value is -2.54. The van der Waals surface area contributed by atoms with E-state index >= 15 is 0 Å². The maximum atomic E-state index is 13.7. The van der Waals surface area contributed by atoms with E-state index in [1.807, 2.05) is 0 Å². The number of carbonyl (C=O) groups is 1. The second kappa shape index (κ2) is 8.59. The first-order valence-corrected chi connectivity index (χ1v) is 12.0. The molecule has 3 saturated carbocycles. The van der Waals surface area contributed by atoms with Gasteiger partial charge in [0.25, 0.3) is 0 Å². The molecule has 0 aliphatic heterocycles. The molecular formula is C27H29F3O4. The second-order valence-electron chi connectivity index (χ2n) is 10.2. The predicted octanol–water partition coefficient (Wildman–Crippen LogP) is 6.88. The van der Waals surface area contributed by atoms with Crippen molar-refractivity contribution in [3.63, 3.8) is 0 Å². The van der Waals surface area contributed by atoms with Crippen LogP contribution in [0.2, 0.25) is 0 Å². The van der Waals surface area contributed by atoms with Crippen LogP contribution < -0.4 is 9.47 Å². The first-order valence-electron chi connectivity index (χ1n) is 12.0. The van der Waals surface area contributed by atoms with E-state index in [0.717, 1.165) is 37.0 Å². The summed E-state index contributed by atoms with van der Waals surface area (Å²) in [6, 6.07) is 11.4. The van der Waals surface area contributed by atoms with Crippen LogP contribution >= 0.6 is 0 Å². The number of benzene rings is 2. The summed E-state index contributed by atoms with van der Waals surface area (Å²) in [4.78, 5) is 12.6. The van der Waals surface area contributed by atoms with Crippen LogP contribution in [-0.4, -0.2) is 17.9 Å². The van der Waals surface area contributed by atoms with E-state index in [9.17, 15) is 18.0 Å². The van der Waals surface area contributed by atoms with Crippen molar-refractivity contribution in [2.75, 3.05) is 0 Å². The average Bonchev–Trinajstić information content (AvgIpc) is 3.46. The Morgan fingerprint density at radius 2 is 1.68 bits per heavy atom. The molecule has 0 N–H and O–H groups in total. The molecule has 0 heterocycles. The first-order chi connectivity index (χ1) is 16.1. The molecule has 5 rings (SSSR count). The summed E-state index contributed by atoms with van der Waals surface area (Å²) in [6.07, 6.45) is 1.20. The fourth-order valence-corrected chi connectivity index (χ4v) is 6.42. The number of hydrogen-bond donors (Lipinski definition) is 0. The number of fused-ring (bicyclic) bond motifs is 5. The molecule has 0 radical (unpaired) electrons. The highest BCUT2D eigenvalue weighted by Crippen LogP contribution is 2.60. The van der Waals surface area contributed by atoms with Crippen molar-refractivity contribution in [1.82, 2.24) is 0 Å². The quantitative estimate of drug-likeness (QED) is 0.260. The number of alkyl halides is 3. The Morgan fingerprint density at radius 3 is 2.41 bits per heavy atom. The number of rotatable bonds is 6. The zero-order valence-electron chi connectivity index (χ0n) is 19.3. The van der Waals surface area contributed by atoms with Gasteiger partial charge in [0.15, 0.2) is 0 Å². The number of esters is 1. The van der Waals surface area contributed by atoms with Crippen LogP contribution in [0.25, 0.3) is 0 Å². The van der Waals surface area contributed by atoms with Crippen LogP contribution in [0.1, 0.15) is 61.9 Å². The molecule has 0 saturated heterocycles. The average molecular weight is 475 g/mol. The van der Waals surface area contributed by atoms with Crippen molar-refractivity contribution in [2.24, 2.45) is 23.7 Å². The van der Waals surface area contributed by atoms with Crippen molar-refractivity contribution in [3.05, 3.63) is 59.7 Å². The summed E-state index contributed by atoms with van der Waals surface area (Å²) in [5.74, 6) is 0.380. The summed E-state index contributed by atoms with van der Waals surface area (Å²) in [5, 5.41) is 0. The Bertz CT molecular complexity index is 1050. The lowest BCUT2D eigenvalue weighted by molar-refractivity contribution is -0.207. The van der Waals surface area contributed by atoms with Crippen molar-refractivity contribution < 1.29 is 32.2 Å². The molecule has 2 bridgehead atoms. The fraction of sp³-hybridized carbons (Fsp3) is 0.519. The van der Waals surface area contributed by atoms with Crippen LogP contribution in [0.4, 0.5) is 13.2 Å². The number of carbonyl (C=O) groups excluding carboxylic acids is 1. The zero-order valence-corrected chi connectivity index (χ0v) is 19.3. The molecule has 5 atom stereocenters. The summed E-state index contributed by atoms with van der Waals surface area (Å²) >= 11 is 0. The van der Waals surface area contributed by atoms with Gasteiger partial charge in [-0.2, -0.15) is 13.2 Å². The van der Waals surface area contributed by atoms with Gasteiger partial charge in [0.2, 0.25) is 5.79 Å². The Morgan fingerprint density at radius 1 is 0.941 bits per heavy atom. The standard InChI is InChI=1S/C27H29F3O4/c1-26(2,33-23-15-17-13-21(23)20-10-6-9-19(17)20)34-24-14-16(11-12-22(24)27(28,29)30)25(31)32-18-7-4-3-5-8-18/h3-5,7-8,11-12,14,17,19-21,23H,6,9-10,13,15H2,1-2H3. The fourth-order valence-electron chi connectivity index (χ4n) is 6.42. The third kappa shape index (κ3) is 4.54. The van der Waals surface area contributed by atoms with Gasteiger partial charge in [0, 0.05) is 13.8 Å². The molecule has 2 aromatic carbocycles. The Balaban J connectivity index is 1.34. The molecule has 0 aromatic heterocycles. The molecule has 182 valence electrons. The third-order valence-electron chi connectivity index (χ3n) is 7.64. The minimum atomic E-state index is -4.64. The van der Waals surface area contributed by atoms with Crippen LogP contribution in [-0.2, 0) is 10.9 Å². The van der Waals surface area contributed by atoms with Gasteiger partial charge < -0.3 is 14.2 Å². The molecule has 0 amide bonds. The Kier molecular flexibility index (Phi) is 5.87. The number of hydrogen-bond acceptors (Lipinski definition) is 4. The summed E-state index contributed by atoms with van der Waals surface area (Å²) in [6.45, 7) is 3.28. The number of ether oxygens (including phenoxy) is 3. The second-order valence-corrected chi connectivity index (χ2v) is 10.2. The van der Waals surface area contributed by atoms with Gasteiger partial charge in [-0.3, -0.25) is 0 Å². The monoisotopic (exact) mass is 474 g/mol. The van der Waals surface area contributed by atoms with Crippen LogP contribution in [0.3, 0.4) is 0 Å². The van der Waals surface area contributed by atoms with Gasteiger partial charge >= 0.3 is 12.1 Å². The third-order valence-corrected chi connectivity index (χ3v) is 7.64. The van der Waals surface area contributed by atoms with Gasteiger partial charge in [-0.05, 0) is 79.7 Å². The van der Waals surface area contributed by atoms with Crippen molar-refractivity contribution in [1.29, 1.82) is 0 Å². The van der Waals surface area contributed by atoms with E-state index in [1.165, 1.54) is 19.3 Å². The SMILES string of the molecule is CC(C)(Oc1cc(C(=O)Oc2ccccc2)ccc1C(F)(F)F)OC1CC2CC1C1CCCC21. The van der Waals surface area contributed by atoms with E-state index in [4.69, 9.17) is 14.2 Å². The zero-order chi connectivity index (χ0) is 24.1. The molecule has 3 fully saturated rings. The molecule has 4 nitrogen and oxygen atoms in total. The summed E-state index contributed by atoms with van der Waals surface area (Å²) in [7, 11) is 0. The highest BCUT2D eigenvalue weighted by molar-refractivity contribution is 5.91. The molecular weight excluding hydrogens is 445 g/mol. The van der Waals surface area contributed by atoms with E-state index in [2.05, 4.69) is 0 Å².